The second-order valence-corrected chi connectivity index (χ2v) is 5.38. The van der Waals surface area contributed by atoms with E-state index in [1.54, 1.807) is 12.3 Å². The summed E-state index contributed by atoms with van der Waals surface area (Å²) < 4.78 is 5.99. The van der Waals surface area contributed by atoms with Crippen molar-refractivity contribution >= 4 is 17.4 Å². The first-order chi connectivity index (χ1) is 9.13. The molecule has 0 bridgehead atoms. The number of nitrogens with zero attached hydrogens (tertiary/aromatic N) is 1. The first-order valence-electron chi connectivity index (χ1n) is 6.79. The zero-order chi connectivity index (χ0) is 13.8. The summed E-state index contributed by atoms with van der Waals surface area (Å²) in [6.45, 7) is 2.19. The van der Waals surface area contributed by atoms with Crippen LogP contribution in [0.3, 0.4) is 0 Å². The summed E-state index contributed by atoms with van der Waals surface area (Å²) >= 11 is 6.21. The molecule has 0 aliphatic heterocycles. The molecule has 2 rings (SSSR count). The number of nitrogen functional groups attached to an aromatic ring is 1. The fourth-order valence-electron chi connectivity index (χ4n) is 2.65. The Balaban J connectivity index is 2.18. The summed E-state index contributed by atoms with van der Waals surface area (Å²) in [5, 5.41) is 7.82. The zero-order valence-corrected chi connectivity index (χ0v) is 11.9. The molecule has 1 aliphatic rings. The minimum absolute atomic E-state index is 0.0621. The third-order valence-electron chi connectivity index (χ3n) is 3.77. The molecule has 104 valence electrons. The standard InChI is InChI=1S/C14H20ClN3O/c1-2-9-5-3-4-6-11(9)19-14-12(15)10(13(16)17)7-8-18-14/h7-9,11H,2-6H2,1H3,(H3,16,17). The highest BCUT2D eigenvalue weighted by atomic mass is 35.5. The molecule has 1 heterocycles. The van der Waals surface area contributed by atoms with Gasteiger partial charge in [-0.2, -0.15) is 0 Å². The Hall–Kier alpha value is -1.29. The number of aromatic nitrogens is 1. The fourth-order valence-corrected chi connectivity index (χ4v) is 2.91. The van der Waals surface area contributed by atoms with Gasteiger partial charge in [0, 0.05) is 11.8 Å². The summed E-state index contributed by atoms with van der Waals surface area (Å²) in [6.07, 6.45) is 7.56. The molecule has 0 radical (unpaired) electrons. The maximum absolute atomic E-state index is 7.48. The van der Waals surface area contributed by atoms with Crippen LogP contribution < -0.4 is 10.5 Å². The second kappa shape index (κ2) is 6.24. The van der Waals surface area contributed by atoms with Crippen molar-refractivity contribution in [2.24, 2.45) is 11.7 Å². The lowest BCUT2D eigenvalue weighted by molar-refractivity contribution is 0.0859. The van der Waals surface area contributed by atoms with Gasteiger partial charge < -0.3 is 10.5 Å². The summed E-state index contributed by atoms with van der Waals surface area (Å²) in [6, 6.07) is 1.63. The lowest BCUT2D eigenvalue weighted by Gasteiger charge is -2.31. The third kappa shape index (κ3) is 3.18. The van der Waals surface area contributed by atoms with E-state index in [1.165, 1.54) is 19.3 Å². The lowest BCUT2D eigenvalue weighted by atomic mass is 9.85. The first-order valence-corrected chi connectivity index (χ1v) is 7.16. The molecule has 2 unspecified atom stereocenters. The minimum Gasteiger partial charge on any atom is -0.473 e. The highest BCUT2D eigenvalue weighted by Gasteiger charge is 2.26. The van der Waals surface area contributed by atoms with Crippen LogP contribution in [0.25, 0.3) is 0 Å². The SMILES string of the molecule is CCC1CCCCC1Oc1nccc(C(=N)N)c1Cl. The molecular weight excluding hydrogens is 262 g/mol. The van der Waals surface area contributed by atoms with Crippen LogP contribution in [0.2, 0.25) is 5.02 Å². The van der Waals surface area contributed by atoms with Crippen LogP contribution in [-0.2, 0) is 0 Å². The molecule has 1 saturated carbocycles. The highest BCUT2D eigenvalue weighted by Crippen LogP contribution is 2.33. The maximum atomic E-state index is 7.48. The molecular formula is C14H20ClN3O. The monoisotopic (exact) mass is 281 g/mol. The number of nitrogens with two attached hydrogens (primary N) is 1. The summed E-state index contributed by atoms with van der Waals surface area (Å²) in [5.74, 6) is 0.903. The van der Waals surface area contributed by atoms with Gasteiger partial charge in [0.15, 0.2) is 0 Å². The molecule has 0 amide bonds. The molecule has 0 saturated heterocycles. The number of halogens is 1. The summed E-state index contributed by atoms with van der Waals surface area (Å²) in [4.78, 5) is 4.18. The van der Waals surface area contributed by atoms with E-state index in [0.717, 1.165) is 12.8 Å². The fraction of sp³-hybridized carbons (Fsp3) is 0.571. The predicted octanol–water partition coefficient (Wildman–Crippen LogP) is 3.37. The average Bonchev–Trinajstić information content (AvgIpc) is 2.41. The van der Waals surface area contributed by atoms with Gasteiger partial charge in [0.2, 0.25) is 5.88 Å². The molecule has 0 aromatic carbocycles. The Morgan fingerprint density at radius 2 is 2.26 bits per heavy atom. The van der Waals surface area contributed by atoms with E-state index < -0.39 is 0 Å². The van der Waals surface area contributed by atoms with Crippen molar-refractivity contribution in [1.29, 1.82) is 5.41 Å². The van der Waals surface area contributed by atoms with Crippen LogP contribution >= 0.6 is 11.6 Å². The first kappa shape index (κ1) is 14.1. The van der Waals surface area contributed by atoms with Crippen molar-refractivity contribution in [2.75, 3.05) is 0 Å². The molecule has 4 nitrogen and oxygen atoms in total. The average molecular weight is 282 g/mol. The van der Waals surface area contributed by atoms with Crippen LogP contribution in [0.4, 0.5) is 0 Å². The van der Waals surface area contributed by atoms with Crippen LogP contribution in [0.15, 0.2) is 12.3 Å². The van der Waals surface area contributed by atoms with E-state index in [0.29, 0.717) is 22.4 Å². The number of hydrogen-bond acceptors (Lipinski definition) is 3. The van der Waals surface area contributed by atoms with Gasteiger partial charge in [0.05, 0.1) is 0 Å². The van der Waals surface area contributed by atoms with Gasteiger partial charge in [-0.25, -0.2) is 4.98 Å². The van der Waals surface area contributed by atoms with Crippen molar-refractivity contribution in [3.63, 3.8) is 0 Å². The smallest absolute Gasteiger partial charge is 0.233 e. The third-order valence-corrected chi connectivity index (χ3v) is 4.14. The minimum atomic E-state index is -0.0621. The molecule has 1 fully saturated rings. The van der Waals surface area contributed by atoms with Crippen molar-refractivity contribution in [2.45, 2.75) is 45.1 Å². The van der Waals surface area contributed by atoms with Crippen molar-refractivity contribution in [3.8, 4) is 5.88 Å². The van der Waals surface area contributed by atoms with E-state index in [1.807, 2.05) is 0 Å². The van der Waals surface area contributed by atoms with Crippen LogP contribution in [0.1, 0.15) is 44.6 Å². The lowest BCUT2D eigenvalue weighted by Crippen LogP contribution is -2.30. The van der Waals surface area contributed by atoms with Gasteiger partial charge in [-0.1, -0.05) is 24.9 Å². The normalized spacial score (nSPS) is 23.1. The molecule has 3 N–H and O–H groups in total. The zero-order valence-electron chi connectivity index (χ0n) is 11.2. The van der Waals surface area contributed by atoms with Gasteiger partial charge in [-0.05, 0) is 37.7 Å². The van der Waals surface area contributed by atoms with Gasteiger partial charge in [-0.15, -0.1) is 0 Å². The van der Waals surface area contributed by atoms with E-state index >= 15 is 0 Å². The van der Waals surface area contributed by atoms with Gasteiger partial charge >= 0.3 is 0 Å². The Morgan fingerprint density at radius 1 is 1.53 bits per heavy atom. The Bertz CT molecular complexity index is 464. The number of amidine groups is 1. The molecule has 1 aromatic rings. The number of rotatable bonds is 4. The van der Waals surface area contributed by atoms with Crippen molar-refractivity contribution in [3.05, 3.63) is 22.8 Å². The van der Waals surface area contributed by atoms with Gasteiger partial charge in [-0.3, -0.25) is 5.41 Å². The number of nitrogens with one attached hydrogen (secondary N) is 1. The number of hydrogen-bond donors (Lipinski definition) is 2. The summed E-state index contributed by atoms with van der Waals surface area (Å²) in [5.41, 5.74) is 5.97. The van der Waals surface area contributed by atoms with Crippen molar-refractivity contribution < 1.29 is 4.74 Å². The van der Waals surface area contributed by atoms with E-state index in [-0.39, 0.29) is 11.9 Å². The molecule has 1 aromatic heterocycles. The number of pyridine rings is 1. The van der Waals surface area contributed by atoms with Crippen molar-refractivity contribution in [1.82, 2.24) is 4.98 Å². The number of ether oxygens (including phenoxy) is 1. The Morgan fingerprint density at radius 3 is 2.95 bits per heavy atom. The topological polar surface area (TPSA) is 72.0 Å². The van der Waals surface area contributed by atoms with Crippen LogP contribution in [0.5, 0.6) is 5.88 Å². The largest absolute Gasteiger partial charge is 0.473 e. The van der Waals surface area contributed by atoms with E-state index in [9.17, 15) is 0 Å². The van der Waals surface area contributed by atoms with E-state index in [4.69, 9.17) is 27.5 Å². The highest BCUT2D eigenvalue weighted by molar-refractivity contribution is 6.35. The molecule has 19 heavy (non-hydrogen) atoms. The second-order valence-electron chi connectivity index (χ2n) is 5.00. The predicted molar refractivity (Wildman–Crippen MR) is 76.9 cm³/mol. The quantitative estimate of drug-likeness (QED) is 0.656. The Kier molecular flexibility index (Phi) is 4.64. The van der Waals surface area contributed by atoms with Gasteiger partial charge in [0.25, 0.3) is 0 Å². The maximum Gasteiger partial charge on any atom is 0.233 e. The summed E-state index contributed by atoms with van der Waals surface area (Å²) in [7, 11) is 0. The van der Waals surface area contributed by atoms with Crippen LogP contribution in [0, 0.1) is 11.3 Å². The molecule has 5 heteroatoms. The molecule has 1 aliphatic carbocycles. The molecule has 0 spiro atoms. The van der Waals surface area contributed by atoms with E-state index in [2.05, 4.69) is 11.9 Å². The molecule has 2 atom stereocenters. The van der Waals surface area contributed by atoms with Gasteiger partial charge in [0.1, 0.15) is 17.0 Å². The Labute approximate surface area is 118 Å². The van der Waals surface area contributed by atoms with Crippen LogP contribution in [-0.4, -0.2) is 16.9 Å².